The van der Waals surface area contributed by atoms with Crippen LogP contribution in [0.3, 0.4) is 0 Å². The summed E-state index contributed by atoms with van der Waals surface area (Å²) in [5.74, 6) is 2.19. The number of aryl methyl sites for hydroxylation is 2. The van der Waals surface area contributed by atoms with Crippen molar-refractivity contribution in [1.82, 2.24) is 15.1 Å². The van der Waals surface area contributed by atoms with Gasteiger partial charge >= 0.3 is 0 Å². The highest BCUT2D eigenvalue weighted by atomic mass is 16.5. The number of carbonyl (C=O) groups is 1. The van der Waals surface area contributed by atoms with Crippen LogP contribution in [0.5, 0.6) is 0 Å². The van der Waals surface area contributed by atoms with Gasteiger partial charge in [-0.1, -0.05) is 18.1 Å². The summed E-state index contributed by atoms with van der Waals surface area (Å²) >= 11 is 0. The molecule has 0 atom stereocenters. The van der Waals surface area contributed by atoms with Gasteiger partial charge in [-0.15, -0.1) is 0 Å². The first kappa shape index (κ1) is 15.7. The lowest BCUT2D eigenvalue weighted by molar-refractivity contribution is -0.119. The lowest BCUT2D eigenvalue weighted by atomic mass is 10.0. The molecule has 1 aromatic carbocycles. The summed E-state index contributed by atoms with van der Waals surface area (Å²) in [5, 5.41) is 4.98. The van der Waals surface area contributed by atoms with Gasteiger partial charge in [-0.2, -0.15) is 4.98 Å². The van der Waals surface area contributed by atoms with Gasteiger partial charge in [-0.3, -0.25) is 4.79 Å². The van der Waals surface area contributed by atoms with Crippen molar-refractivity contribution in [2.24, 2.45) is 0 Å². The van der Waals surface area contributed by atoms with E-state index < -0.39 is 0 Å². The first-order valence-electron chi connectivity index (χ1n) is 8.65. The van der Waals surface area contributed by atoms with Crippen LogP contribution in [0.1, 0.15) is 31.2 Å². The number of hydrogen-bond acceptors (Lipinski definition) is 6. The van der Waals surface area contributed by atoms with E-state index in [1.165, 1.54) is 5.56 Å². The van der Waals surface area contributed by atoms with Crippen molar-refractivity contribution in [3.8, 4) is 11.5 Å². The fourth-order valence-corrected chi connectivity index (χ4v) is 3.21. The fraction of sp³-hybridized carbons (Fsp3) is 0.368. The predicted molar refractivity (Wildman–Crippen MR) is 95.6 cm³/mol. The molecule has 1 aliphatic rings. The summed E-state index contributed by atoms with van der Waals surface area (Å²) < 4.78 is 5.41. The summed E-state index contributed by atoms with van der Waals surface area (Å²) in [7, 11) is 0. The lowest BCUT2D eigenvalue weighted by Crippen LogP contribution is -2.34. The van der Waals surface area contributed by atoms with Gasteiger partial charge < -0.3 is 9.42 Å². The monoisotopic (exact) mass is 336 g/mol. The summed E-state index contributed by atoms with van der Waals surface area (Å²) in [5.41, 5.74) is 3.03. The van der Waals surface area contributed by atoms with E-state index >= 15 is 0 Å². The Bertz CT molecular complexity index is 938. The Morgan fingerprint density at radius 3 is 2.64 bits per heavy atom. The number of anilines is 1. The minimum Gasteiger partial charge on any atom is -0.355 e. The number of fused-ring (bicyclic) bond motifs is 1. The van der Waals surface area contributed by atoms with Crippen LogP contribution in [-0.4, -0.2) is 34.0 Å². The maximum absolute atomic E-state index is 11.6. The molecular weight excluding hydrogens is 316 g/mol. The summed E-state index contributed by atoms with van der Waals surface area (Å²) in [6.07, 6.45) is 2.08. The number of nitrogens with zero attached hydrogens (tertiary/aromatic N) is 4. The normalized spacial score (nSPS) is 15.1. The Kier molecular flexibility index (Phi) is 3.95. The van der Waals surface area contributed by atoms with E-state index in [-0.39, 0.29) is 0 Å². The van der Waals surface area contributed by atoms with Gasteiger partial charge in [-0.05, 0) is 37.1 Å². The van der Waals surface area contributed by atoms with E-state index in [9.17, 15) is 4.79 Å². The molecule has 6 nitrogen and oxygen atoms in total. The highest BCUT2D eigenvalue weighted by Crippen LogP contribution is 2.33. The predicted octanol–water partition coefficient (Wildman–Crippen LogP) is 3.32. The maximum atomic E-state index is 11.6. The minimum absolute atomic E-state index is 0.305. The number of hydrogen-bond donors (Lipinski definition) is 0. The quantitative estimate of drug-likeness (QED) is 0.730. The van der Waals surface area contributed by atoms with Crippen LogP contribution >= 0.6 is 0 Å². The number of carbonyl (C=O) groups excluding carboxylic acids is 1. The zero-order valence-corrected chi connectivity index (χ0v) is 14.5. The zero-order valence-electron chi connectivity index (χ0n) is 14.5. The average Bonchev–Trinajstić information content (AvgIpc) is 3.07. The first-order chi connectivity index (χ1) is 12.1. The maximum Gasteiger partial charge on any atom is 0.261 e. The smallest absolute Gasteiger partial charge is 0.261 e. The standard InChI is InChI=1S/C19H20N4O2/c1-3-13-4-5-17-14(10-13)11-16(19-20-12(2)22-25-19)18(21-17)23-8-6-15(24)7-9-23/h4-5,10-11H,3,6-9H2,1-2H3. The van der Waals surface area contributed by atoms with Crippen LogP contribution in [0.2, 0.25) is 0 Å². The van der Waals surface area contributed by atoms with Crippen LogP contribution in [-0.2, 0) is 11.2 Å². The van der Waals surface area contributed by atoms with Crippen molar-refractivity contribution in [2.45, 2.75) is 33.1 Å². The first-order valence-corrected chi connectivity index (χ1v) is 8.65. The number of Topliss-reactive ketones (excluding diaryl/α,β-unsaturated/α-hetero) is 1. The molecule has 0 amide bonds. The summed E-state index contributed by atoms with van der Waals surface area (Å²) in [6.45, 7) is 5.28. The van der Waals surface area contributed by atoms with Crippen LogP contribution in [0.25, 0.3) is 22.4 Å². The van der Waals surface area contributed by atoms with E-state index in [0.717, 1.165) is 28.7 Å². The van der Waals surface area contributed by atoms with Crippen molar-refractivity contribution in [1.29, 1.82) is 0 Å². The van der Waals surface area contributed by atoms with E-state index in [1.807, 2.05) is 0 Å². The topological polar surface area (TPSA) is 72.1 Å². The second-order valence-corrected chi connectivity index (χ2v) is 6.41. The fourth-order valence-electron chi connectivity index (χ4n) is 3.21. The molecule has 128 valence electrons. The van der Waals surface area contributed by atoms with Crippen molar-refractivity contribution in [3.05, 3.63) is 35.7 Å². The largest absolute Gasteiger partial charge is 0.355 e. The number of ketones is 1. The third-order valence-electron chi connectivity index (χ3n) is 4.65. The molecule has 0 spiro atoms. The third-order valence-corrected chi connectivity index (χ3v) is 4.65. The highest BCUT2D eigenvalue weighted by Gasteiger charge is 2.23. The number of piperidine rings is 1. The SMILES string of the molecule is CCc1ccc2nc(N3CCC(=O)CC3)c(-c3nc(C)no3)cc2c1. The van der Waals surface area contributed by atoms with Gasteiger partial charge in [0, 0.05) is 31.3 Å². The van der Waals surface area contributed by atoms with Crippen LogP contribution in [0, 0.1) is 6.92 Å². The number of aromatic nitrogens is 3. The van der Waals surface area contributed by atoms with Gasteiger partial charge in [-0.25, -0.2) is 4.98 Å². The van der Waals surface area contributed by atoms with Gasteiger partial charge in [0.1, 0.15) is 11.6 Å². The Morgan fingerprint density at radius 2 is 1.96 bits per heavy atom. The molecule has 0 saturated carbocycles. The molecule has 1 fully saturated rings. The minimum atomic E-state index is 0.305. The molecule has 1 saturated heterocycles. The second kappa shape index (κ2) is 6.27. The average molecular weight is 336 g/mol. The van der Waals surface area contributed by atoms with E-state index in [0.29, 0.717) is 43.4 Å². The molecule has 0 N–H and O–H groups in total. The third kappa shape index (κ3) is 2.99. The van der Waals surface area contributed by atoms with E-state index in [1.54, 1.807) is 6.92 Å². The van der Waals surface area contributed by atoms with E-state index in [4.69, 9.17) is 9.51 Å². The van der Waals surface area contributed by atoms with Gasteiger partial charge in [0.15, 0.2) is 5.82 Å². The molecule has 1 aliphatic heterocycles. The molecule has 0 bridgehead atoms. The zero-order chi connectivity index (χ0) is 17.4. The molecular formula is C19H20N4O2. The van der Waals surface area contributed by atoms with Crippen molar-refractivity contribution in [3.63, 3.8) is 0 Å². The Morgan fingerprint density at radius 1 is 1.16 bits per heavy atom. The van der Waals surface area contributed by atoms with Crippen LogP contribution < -0.4 is 4.90 Å². The van der Waals surface area contributed by atoms with Crippen LogP contribution in [0.4, 0.5) is 5.82 Å². The summed E-state index contributed by atoms with van der Waals surface area (Å²) in [6, 6.07) is 8.38. The van der Waals surface area contributed by atoms with Crippen molar-refractivity contribution >= 4 is 22.5 Å². The van der Waals surface area contributed by atoms with E-state index in [2.05, 4.69) is 46.2 Å². The molecule has 25 heavy (non-hydrogen) atoms. The second-order valence-electron chi connectivity index (χ2n) is 6.41. The van der Waals surface area contributed by atoms with Gasteiger partial charge in [0.05, 0.1) is 11.1 Å². The van der Waals surface area contributed by atoms with Gasteiger partial charge in [0.25, 0.3) is 5.89 Å². The molecule has 2 aromatic heterocycles. The Hall–Kier alpha value is -2.76. The molecule has 3 heterocycles. The van der Waals surface area contributed by atoms with Crippen LogP contribution in [0.15, 0.2) is 28.8 Å². The molecule has 0 aliphatic carbocycles. The number of benzene rings is 1. The molecule has 0 radical (unpaired) electrons. The molecule has 0 unspecified atom stereocenters. The molecule has 3 aromatic rings. The van der Waals surface area contributed by atoms with Gasteiger partial charge in [0.2, 0.25) is 0 Å². The molecule has 6 heteroatoms. The van der Waals surface area contributed by atoms with Crippen molar-refractivity contribution in [2.75, 3.05) is 18.0 Å². The highest BCUT2D eigenvalue weighted by molar-refractivity contribution is 5.89. The number of pyridine rings is 1. The Labute approximate surface area is 145 Å². The Balaban J connectivity index is 1.87. The van der Waals surface area contributed by atoms with Crippen molar-refractivity contribution < 1.29 is 9.32 Å². The lowest BCUT2D eigenvalue weighted by Gasteiger charge is -2.28. The number of rotatable bonds is 3. The summed E-state index contributed by atoms with van der Waals surface area (Å²) in [4.78, 5) is 23.0. The molecule has 4 rings (SSSR count).